The fraction of sp³-hybridized carbons (Fsp3) is 0.667. The van der Waals surface area contributed by atoms with Crippen LogP contribution in [0.1, 0.15) is 56.4 Å². The van der Waals surface area contributed by atoms with Crippen LogP contribution in [0.15, 0.2) is 30.3 Å². The molecular weight excluding hydrogens is 246 g/mol. The first-order valence-corrected chi connectivity index (χ1v) is 8.32. The predicted molar refractivity (Wildman–Crippen MR) is 83.0 cm³/mol. The van der Waals surface area contributed by atoms with E-state index < -0.39 is 0 Å². The van der Waals surface area contributed by atoms with E-state index in [1.165, 1.54) is 50.5 Å². The maximum absolute atomic E-state index is 5.80. The molecule has 1 atom stereocenters. The van der Waals surface area contributed by atoms with E-state index in [4.69, 9.17) is 4.74 Å². The summed E-state index contributed by atoms with van der Waals surface area (Å²) in [6.07, 6.45) is 9.58. The van der Waals surface area contributed by atoms with Gasteiger partial charge >= 0.3 is 0 Å². The summed E-state index contributed by atoms with van der Waals surface area (Å²) in [5.41, 5.74) is 1.53. The molecule has 0 radical (unpaired) electrons. The van der Waals surface area contributed by atoms with Gasteiger partial charge in [0.15, 0.2) is 0 Å². The van der Waals surface area contributed by atoms with E-state index in [1.54, 1.807) is 0 Å². The second kappa shape index (κ2) is 7.24. The van der Waals surface area contributed by atoms with Crippen LogP contribution in [0, 0.1) is 0 Å². The molecule has 1 N–H and O–H groups in total. The van der Waals surface area contributed by atoms with Crippen LogP contribution < -0.4 is 5.32 Å². The SMILES string of the molecule is c1ccc(C2CCC(NCC3CCCCO3)CC2)cc1. The maximum atomic E-state index is 5.80. The van der Waals surface area contributed by atoms with Crippen LogP contribution in [0.3, 0.4) is 0 Å². The van der Waals surface area contributed by atoms with E-state index in [1.807, 2.05) is 0 Å². The Labute approximate surface area is 122 Å². The lowest BCUT2D eigenvalue weighted by Crippen LogP contribution is -2.39. The van der Waals surface area contributed by atoms with E-state index in [0.717, 1.165) is 19.1 Å². The number of hydrogen-bond acceptors (Lipinski definition) is 2. The first-order chi connectivity index (χ1) is 9.92. The van der Waals surface area contributed by atoms with Gasteiger partial charge in [-0.25, -0.2) is 0 Å². The Kier molecular flexibility index (Phi) is 5.10. The highest BCUT2D eigenvalue weighted by molar-refractivity contribution is 5.20. The highest BCUT2D eigenvalue weighted by atomic mass is 16.5. The average molecular weight is 273 g/mol. The van der Waals surface area contributed by atoms with E-state index in [2.05, 4.69) is 35.6 Å². The van der Waals surface area contributed by atoms with Crippen molar-refractivity contribution in [3.8, 4) is 0 Å². The Balaban J connectivity index is 1.40. The van der Waals surface area contributed by atoms with Crippen LogP contribution in [-0.4, -0.2) is 25.3 Å². The van der Waals surface area contributed by atoms with Crippen molar-refractivity contribution >= 4 is 0 Å². The van der Waals surface area contributed by atoms with Gasteiger partial charge in [0, 0.05) is 19.2 Å². The molecule has 2 aliphatic rings. The number of hydrogen-bond donors (Lipinski definition) is 1. The molecule has 0 aromatic heterocycles. The molecule has 1 saturated carbocycles. The van der Waals surface area contributed by atoms with Crippen LogP contribution in [0.2, 0.25) is 0 Å². The topological polar surface area (TPSA) is 21.3 Å². The molecule has 1 saturated heterocycles. The molecule has 0 bridgehead atoms. The Morgan fingerprint density at radius 3 is 2.45 bits per heavy atom. The quantitative estimate of drug-likeness (QED) is 0.899. The van der Waals surface area contributed by atoms with Crippen LogP contribution >= 0.6 is 0 Å². The van der Waals surface area contributed by atoms with Gasteiger partial charge in [-0.05, 0) is 56.4 Å². The van der Waals surface area contributed by atoms with E-state index in [9.17, 15) is 0 Å². The molecular formula is C18H27NO. The molecule has 2 heteroatoms. The van der Waals surface area contributed by atoms with E-state index >= 15 is 0 Å². The van der Waals surface area contributed by atoms with Crippen molar-refractivity contribution in [1.29, 1.82) is 0 Å². The number of nitrogens with one attached hydrogen (secondary N) is 1. The first kappa shape index (κ1) is 14.1. The fourth-order valence-corrected chi connectivity index (χ4v) is 3.62. The van der Waals surface area contributed by atoms with Crippen molar-refractivity contribution in [3.63, 3.8) is 0 Å². The van der Waals surface area contributed by atoms with Gasteiger partial charge in [-0.3, -0.25) is 0 Å². The standard InChI is InChI=1S/C18H27NO/c1-2-6-15(7-3-1)16-9-11-17(12-10-16)19-14-18-8-4-5-13-20-18/h1-3,6-7,16-19H,4-5,8-14H2. The van der Waals surface area contributed by atoms with Gasteiger partial charge in [-0.2, -0.15) is 0 Å². The molecule has 2 fully saturated rings. The van der Waals surface area contributed by atoms with E-state index in [0.29, 0.717) is 12.1 Å². The number of ether oxygens (including phenoxy) is 1. The summed E-state index contributed by atoms with van der Waals surface area (Å²) in [4.78, 5) is 0. The monoisotopic (exact) mass is 273 g/mol. The molecule has 1 aliphatic heterocycles. The average Bonchev–Trinajstić information content (AvgIpc) is 2.55. The highest BCUT2D eigenvalue weighted by Gasteiger charge is 2.23. The fourth-order valence-electron chi connectivity index (χ4n) is 3.62. The molecule has 3 rings (SSSR count). The molecule has 1 aromatic carbocycles. The minimum atomic E-state index is 0.468. The van der Waals surface area contributed by atoms with Crippen molar-refractivity contribution in [2.45, 2.75) is 63.0 Å². The van der Waals surface area contributed by atoms with Gasteiger partial charge in [0.25, 0.3) is 0 Å². The smallest absolute Gasteiger partial charge is 0.0699 e. The molecule has 0 spiro atoms. The number of rotatable bonds is 4. The molecule has 1 unspecified atom stereocenters. The van der Waals surface area contributed by atoms with Crippen LogP contribution in [0.5, 0.6) is 0 Å². The van der Waals surface area contributed by atoms with Crippen LogP contribution in [0.25, 0.3) is 0 Å². The minimum Gasteiger partial charge on any atom is -0.377 e. The minimum absolute atomic E-state index is 0.468. The molecule has 2 nitrogen and oxygen atoms in total. The van der Waals surface area contributed by atoms with Gasteiger partial charge in [0.1, 0.15) is 0 Å². The Morgan fingerprint density at radius 2 is 1.75 bits per heavy atom. The first-order valence-electron chi connectivity index (χ1n) is 8.32. The Hall–Kier alpha value is -0.860. The molecule has 20 heavy (non-hydrogen) atoms. The van der Waals surface area contributed by atoms with Crippen LogP contribution in [0.4, 0.5) is 0 Å². The second-order valence-electron chi connectivity index (χ2n) is 6.36. The van der Waals surface area contributed by atoms with Crippen molar-refractivity contribution < 1.29 is 4.74 Å². The van der Waals surface area contributed by atoms with Crippen molar-refractivity contribution in [2.75, 3.05) is 13.2 Å². The zero-order chi connectivity index (χ0) is 13.6. The molecule has 1 aromatic rings. The van der Waals surface area contributed by atoms with Gasteiger partial charge in [0.05, 0.1) is 6.10 Å². The zero-order valence-corrected chi connectivity index (χ0v) is 12.4. The maximum Gasteiger partial charge on any atom is 0.0699 e. The van der Waals surface area contributed by atoms with Crippen molar-refractivity contribution in [3.05, 3.63) is 35.9 Å². The largest absolute Gasteiger partial charge is 0.377 e. The van der Waals surface area contributed by atoms with Crippen molar-refractivity contribution in [1.82, 2.24) is 5.32 Å². The Bertz CT molecular complexity index is 378. The molecule has 1 aliphatic carbocycles. The third-order valence-electron chi connectivity index (χ3n) is 4.91. The predicted octanol–water partition coefficient (Wildman–Crippen LogP) is 3.87. The lowest BCUT2D eigenvalue weighted by molar-refractivity contribution is 0.0146. The molecule has 1 heterocycles. The highest BCUT2D eigenvalue weighted by Crippen LogP contribution is 2.32. The zero-order valence-electron chi connectivity index (χ0n) is 12.4. The van der Waals surface area contributed by atoms with E-state index in [-0.39, 0.29) is 0 Å². The Morgan fingerprint density at radius 1 is 0.950 bits per heavy atom. The third-order valence-corrected chi connectivity index (χ3v) is 4.91. The van der Waals surface area contributed by atoms with Gasteiger partial charge < -0.3 is 10.1 Å². The summed E-state index contributed by atoms with van der Waals surface area (Å²) in [6.45, 7) is 2.02. The van der Waals surface area contributed by atoms with Crippen LogP contribution in [-0.2, 0) is 4.74 Å². The second-order valence-corrected chi connectivity index (χ2v) is 6.36. The van der Waals surface area contributed by atoms with Crippen molar-refractivity contribution in [2.24, 2.45) is 0 Å². The van der Waals surface area contributed by atoms with Gasteiger partial charge in [0.2, 0.25) is 0 Å². The molecule has 110 valence electrons. The summed E-state index contributed by atoms with van der Waals surface area (Å²) < 4.78 is 5.80. The summed E-state index contributed by atoms with van der Waals surface area (Å²) in [6, 6.07) is 11.7. The summed E-state index contributed by atoms with van der Waals surface area (Å²) in [5.74, 6) is 0.778. The normalized spacial score (nSPS) is 31.1. The molecule has 0 amide bonds. The summed E-state index contributed by atoms with van der Waals surface area (Å²) in [7, 11) is 0. The van der Waals surface area contributed by atoms with Gasteiger partial charge in [-0.1, -0.05) is 30.3 Å². The lowest BCUT2D eigenvalue weighted by atomic mass is 9.82. The summed E-state index contributed by atoms with van der Waals surface area (Å²) in [5, 5.41) is 3.74. The number of benzene rings is 1. The van der Waals surface area contributed by atoms with Gasteiger partial charge in [-0.15, -0.1) is 0 Å². The summed E-state index contributed by atoms with van der Waals surface area (Å²) >= 11 is 0. The lowest BCUT2D eigenvalue weighted by Gasteiger charge is -2.31. The third kappa shape index (κ3) is 3.83.